The number of rotatable bonds is 0. The van der Waals surface area contributed by atoms with Crippen molar-refractivity contribution in [3.8, 4) is 0 Å². The van der Waals surface area contributed by atoms with Crippen LogP contribution in [0.5, 0.6) is 0 Å². The molecule has 0 spiro atoms. The van der Waals surface area contributed by atoms with Crippen LogP contribution in [0.1, 0.15) is 0 Å². The van der Waals surface area contributed by atoms with Crippen molar-refractivity contribution in [1.29, 1.82) is 0 Å². The summed E-state index contributed by atoms with van der Waals surface area (Å²) in [6.07, 6.45) is 0. The van der Waals surface area contributed by atoms with E-state index in [0.717, 1.165) is 0 Å². The Hall–Kier alpha value is 0.485. The summed E-state index contributed by atoms with van der Waals surface area (Å²) in [4.78, 5) is 8.36. The third kappa shape index (κ3) is 232. The van der Waals surface area contributed by atoms with Gasteiger partial charge < -0.3 is 10.7 Å². The molecule has 0 aliphatic carbocycles. The summed E-state index contributed by atoms with van der Waals surface area (Å²) in [5, 5.41) is 13.6. The zero-order valence-corrected chi connectivity index (χ0v) is 6.82. The van der Waals surface area contributed by atoms with Gasteiger partial charge in [0, 0.05) is 39.9 Å². The molecular weight excluding hydrogens is 310 g/mol. The van der Waals surface area contributed by atoms with Crippen LogP contribution in [0.15, 0.2) is 0 Å². The maximum absolute atomic E-state index is 8.36. The molecule has 0 bridgehead atoms. The zero-order chi connectivity index (χ0) is 3.58. The van der Waals surface area contributed by atoms with Gasteiger partial charge in [0.1, 0.15) is 0 Å². The standard InChI is InChI=1S/HNO3.H2O.Th/c2-1(3)4;;/h(H,2,3,4);1H2;. The van der Waals surface area contributed by atoms with E-state index in [-0.39, 0.29) is 45.4 Å². The molecule has 0 unspecified atom stereocenters. The molecule has 0 atom stereocenters. The van der Waals surface area contributed by atoms with E-state index < -0.39 is 5.09 Å². The molecule has 0 saturated carbocycles. The Morgan fingerprint density at radius 3 is 1.67 bits per heavy atom. The maximum Gasteiger partial charge on any atom is 0.291 e. The van der Waals surface area contributed by atoms with Crippen LogP contribution in [0.25, 0.3) is 0 Å². The van der Waals surface area contributed by atoms with E-state index in [1.165, 1.54) is 0 Å². The average molecular weight is 313 g/mol. The summed E-state index contributed by atoms with van der Waals surface area (Å²) in [6.45, 7) is 0. The molecule has 0 aromatic heterocycles. The van der Waals surface area contributed by atoms with Gasteiger partial charge in [0.15, 0.2) is 0 Å². The van der Waals surface area contributed by atoms with E-state index in [1.54, 1.807) is 0 Å². The van der Waals surface area contributed by atoms with Crippen LogP contribution in [0.4, 0.5) is 0 Å². The first kappa shape index (κ1) is 16.1. The van der Waals surface area contributed by atoms with Crippen molar-refractivity contribution < 1.29 is 55.7 Å². The Balaban J connectivity index is -0.0000000450. The van der Waals surface area contributed by atoms with Gasteiger partial charge in [-0.15, -0.1) is 10.1 Å². The third-order valence-electron chi connectivity index (χ3n) is 0. The molecule has 0 aromatic carbocycles. The Bertz CT molecular complexity index is 30.5. The minimum absolute atomic E-state index is 0. The van der Waals surface area contributed by atoms with E-state index in [1.807, 2.05) is 0 Å². The second kappa shape index (κ2) is 9.08. The molecule has 0 aromatic rings. The van der Waals surface area contributed by atoms with Crippen LogP contribution >= 0.6 is 0 Å². The normalized spacial score (nSPS) is 4.00. The van der Waals surface area contributed by atoms with E-state index in [4.69, 9.17) is 15.3 Å². The Kier molecular flexibility index (Phi) is 24.3. The van der Waals surface area contributed by atoms with Crippen molar-refractivity contribution >= 4 is 0 Å². The Morgan fingerprint density at radius 1 is 1.67 bits per heavy atom. The van der Waals surface area contributed by atoms with Crippen LogP contribution in [-0.2, 0) is 0 Å². The van der Waals surface area contributed by atoms with Crippen LogP contribution in [0.2, 0.25) is 0 Å². The zero-order valence-electron chi connectivity index (χ0n) is 2.71. The molecule has 0 fully saturated rings. The predicted molar refractivity (Wildman–Crippen MR) is 12.4 cm³/mol. The Morgan fingerprint density at radius 2 is 1.67 bits per heavy atom. The fourth-order valence-corrected chi connectivity index (χ4v) is 0. The summed E-state index contributed by atoms with van der Waals surface area (Å²) in [7, 11) is 0. The van der Waals surface area contributed by atoms with Gasteiger partial charge >= 0.3 is 0 Å². The predicted octanol–water partition coefficient (Wildman–Crippen LogP) is -1.17. The van der Waals surface area contributed by atoms with Crippen molar-refractivity contribution in [3.63, 3.8) is 0 Å². The minimum Gasteiger partial charge on any atom is -0.412 e. The summed E-state index contributed by atoms with van der Waals surface area (Å²) in [6, 6.07) is 0. The molecule has 6 heavy (non-hydrogen) atoms. The topological polar surface area (TPSA) is 94.9 Å². The molecule has 5 nitrogen and oxygen atoms in total. The Labute approximate surface area is 65.4 Å². The second-order valence-corrected chi connectivity index (χ2v) is 0.238. The van der Waals surface area contributed by atoms with Crippen LogP contribution < -0.4 is 0 Å². The molecule has 0 heterocycles. The van der Waals surface area contributed by atoms with Crippen molar-refractivity contribution in [3.05, 3.63) is 10.1 Å². The molecule has 36 valence electrons. The number of nitrogens with zero attached hydrogens (tertiary/aromatic N) is 1. The van der Waals surface area contributed by atoms with E-state index in [2.05, 4.69) is 0 Å². The number of hydrogen-bond donors (Lipinski definition) is 1. The molecule has 0 rings (SSSR count). The molecule has 0 amide bonds. The first-order chi connectivity index (χ1) is 1.73. The van der Waals surface area contributed by atoms with Crippen molar-refractivity contribution in [2.45, 2.75) is 0 Å². The van der Waals surface area contributed by atoms with Crippen molar-refractivity contribution in [1.82, 2.24) is 0 Å². The molecule has 6 heteroatoms. The first-order valence-corrected chi connectivity index (χ1v) is 0.565. The quantitative estimate of drug-likeness (QED) is 0.451. The van der Waals surface area contributed by atoms with Gasteiger partial charge in [0.25, 0.3) is 5.09 Å². The van der Waals surface area contributed by atoms with Crippen LogP contribution in [0.3, 0.4) is 0 Å². The van der Waals surface area contributed by atoms with E-state index >= 15 is 0 Å². The van der Waals surface area contributed by atoms with Crippen molar-refractivity contribution in [2.75, 3.05) is 0 Å². The summed E-state index contributed by atoms with van der Waals surface area (Å²) < 4.78 is 0. The van der Waals surface area contributed by atoms with E-state index in [0.29, 0.717) is 0 Å². The van der Waals surface area contributed by atoms with Gasteiger partial charge in [-0.05, 0) is 0 Å². The second-order valence-electron chi connectivity index (χ2n) is 0.238. The van der Waals surface area contributed by atoms with Gasteiger partial charge in [0.2, 0.25) is 0 Å². The summed E-state index contributed by atoms with van der Waals surface area (Å²) in [5.74, 6) is 0. The molecule has 0 aliphatic rings. The maximum atomic E-state index is 8.36. The van der Waals surface area contributed by atoms with Gasteiger partial charge in [-0.25, -0.2) is 0 Å². The third-order valence-corrected chi connectivity index (χ3v) is 0. The SMILES string of the molecule is O.O=[N+]([O-])O.[Th]. The van der Waals surface area contributed by atoms with Gasteiger partial charge in [0.05, 0.1) is 0 Å². The molecule has 3 N–H and O–H groups in total. The van der Waals surface area contributed by atoms with Gasteiger partial charge in [-0.3, -0.25) is 0 Å². The fourth-order valence-electron chi connectivity index (χ4n) is 0. The average Bonchev–Trinajstić information content (AvgIpc) is 0.811. The first-order valence-electron chi connectivity index (χ1n) is 0.565. The fraction of sp³-hybridized carbons (Fsp3) is 0. The van der Waals surface area contributed by atoms with Crippen LogP contribution in [0, 0.1) is 50.1 Å². The van der Waals surface area contributed by atoms with Gasteiger partial charge in [-0.2, -0.15) is 0 Å². The monoisotopic (exact) mass is 313 g/mol. The van der Waals surface area contributed by atoms with Crippen molar-refractivity contribution in [2.24, 2.45) is 0 Å². The molecular formula is H3NO4Th. The largest absolute Gasteiger partial charge is 0.412 e. The van der Waals surface area contributed by atoms with Gasteiger partial charge in [-0.1, -0.05) is 0 Å². The molecule has 0 radical (unpaired) electrons. The minimum atomic E-state index is -1.50. The molecule has 0 aliphatic heterocycles. The summed E-state index contributed by atoms with van der Waals surface area (Å²) >= 11 is 0. The van der Waals surface area contributed by atoms with Crippen LogP contribution in [-0.4, -0.2) is 15.8 Å². The van der Waals surface area contributed by atoms with E-state index in [9.17, 15) is 0 Å². The molecule has 0 saturated heterocycles. The smallest absolute Gasteiger partial charge is 0.291 e. The number of hydrogen-bond acceptors (Lipinski definition) is 2. The summed E-state index contributed by atoms with van der Waals surface area (Å²) in [5.41, 5.74) is 0.